The summed E-state index contributed by atoms with van der Waals surface area (Å²) in [4.78, 5) is 0. The SMILES string of the molecule is CCCNC(c1ccc(F)c(F)c1F)c1c(Br)cnn1C. The van der Waals surface area contributed by atoms with E-state index in [1.54, 1.807) is 17.9 Å². The number of benzene rings is 1. The fraction of sp³-hybridized carbons (Fsp3) is 0.357. The second-order valence-electron chi connectivity index (χ2n) is 4.65. The van der Waals surface area contributed by atoms with E-state index in [0.717, 1.165) is 12.5 Å². The molecule has 1 N–H and O–H groups in total. The molecule has 0 aliphatic rings. The topological polar surface area (TPSA) is 29.9 Å². The lowest BCUT2D eigenvalue weighted by Gasteiger charge is -2.21. The predicted octanol–water partition coefficient (Wildman–Crippen LogP) is 3.69. The maximum absolute atomic E-state index is 14.1. The van der Waals surface area contributed by atoms with Gasteiger partial charge in [-0.2, -0.15) is 5.10 Å². The van der Waals surface area contributed by atoms with Crippen molar-refractivity contribution in [2.24, 2.45) is 7.05 Å². The van der Waals surface area contributed by atoms with Crippen LogP contribution in [-0.2, 0) is 7.05 Å². The van der Waals surface area contributed by atoms with Gasteiger partial charge in [0, 0.05) is 12.6 Å². The van der Waals surface area contributed by atoms with Gasteiger partial charge in [0.05, 0.1) is 22.4 Å². The Labute approximate surface area is 129 Å². The van der Waals surface area contributed by atoms with Crippen LogP contribution >= 0.6 is 15.9 Å². The van der Waals surface area contributed by atoms with Crippen LogP contribution in [0.3, 0.4) is 0 Å². The normalized spacial score (nSPS) is 12.7. The van der Waals surface area contributed by atoms with Crippen LogP contribution in [0.2, 0.25) is 0 Å². The number of aryl methyl sites for hydroxylation is 1. The van der Waals surface area contributed by atoms with Gasteiger partial charge in [0.25, 0.3) is 0 Å². The molecule has 0 radical (unpaired) electrons. The Morgan fingerprint density at radius 2 is 2.00 bits per heavy atom. The third-order valence-electron chi connectivity index (χ3n) is 3.19. The van der Waals surface area contributed by atoms with Crippen LogP contribution in [0.25, 0.3) is 0 Å². The average Bonchev–Trinajstić information content (AvgIpc) is 2.79. The molecule has 114 valence electrons. The summed E-state index contributed by atoms with van der Waals surface area (Å²) < 4.78 is 43.0. The summed E-state index contributed by atoms with van der Waals surface area (Å²) in [5.41, 5.74) is 0.694. The molecule has 21 heavy (non-hydrogen) atoms. The first kappa shape index (κ1) is 16.0. The largest absolute Gasteiger partial charge is 0.305 e. The van der Waals surface area contributed by atoms with Crippen LogP contribution in [-0.4, -0.2) is 16.3 Å². The van der Waals surface area contributed by atoms with Gasteiger partial charge in [-0.05, 0) is 35.0 Å². The van der Waals surface area contributed by atoms with Gasteiger partial charge in [0.15, 0.2) is 17.5 Å². The molecule has 0 spiro atoms. The Hall–Kier alpha value is -1.34. The molecule has 2 rings (SSSR count). The molecule has 1 aromatic carbocycles. The Morgan fingerprint density at radius 3 is 2.57 bits per heavy atom. The lowest BCUT2D eigenvalue weighted by atomic mass is 10.0. The van der Waals surface area contributed by atoms with Crippen molar-refractivity contribution in [1.29, 1.82) is 0 Å². The summed E-state index contributed by atoms with van der Waals surface area (Å²) in [6.45, 7) is 2.56. The highest BCUT2D eigenvalue weighted by Gasteiger charge is 2.25. The minimum atomic E-state index is -1.46. The van der Waals surface area contributed by atoms with Crippen LogP contribution in [0.4, 0.5) is 13.2 Å². The van der Waals surface area contributed by atoms with E-state index >= 15 is 0 Å². The summed E-state index contributed by atoms with van der Waals surface area (Å²) in [6, 6.07) is 1.56. The molecule has 2 aromatic rings. The van der Waals surface area contributed by atoms with E-state index in [0.29, 0.717) is 16.7 Å². The highest BCUT2D eigenvalue weighted by atomic mass is 79.9. The Kier molecular flexibility index (Phi) is 5.05. The van der Waals surface area contributed by atoms with Gasteiger partial charge in [0.2, 0.25) is 0 Å². The van der Waals surface area contributed by atoms with Gasteiger partial charge in [0.1, 0.15) is 0 Å². The molecule has 1 atom stereocenters. The van der Waals surface area contributed by atoms with E-state index in [2.05, 4.69) is 26.3 Å². The smallest absolute Gasteiger partial charge is 0.194 e. The maximum atomic E-state index is 14.1. The summed E-state index contributed by atoms with van der Waals surface area (Å²) in [5, 5.41) is 7.22. The number of hydrogen-bond donors (Lipinski definition) is 1. The molecule has 0 bridgehead atoms. The van der Waals surface area contributed by atoms with Gasteiger partial charge in [-0.15, -0.1) is 0 Å². The highest BCUT2D eigenvalue weighted by Crippen LogP contribution is 2.31. The number of nitrogens with zero attached hydrogens (tertiary/aromatic N) is 2. The number of halogens is 4. The number of nitrogens with one attached hydrogen (secondary N) is 1. The molecule has 7 heteroatoms. The molecular weight excluding hydrogens is 347 g/mol. The maximum Gasteiger partial charge on any atom is 0.194 e. The monoisotopic (exact) mass is 361 g/mol. The summed E-state index contributed by atoms with van der Waals surface area (Å²) in [7, 11) is 1.71. The van der Waals surface area contributed by atoms with Gasteiger partial charge in [-0.25, -0.2) is 13.2 Å². The van der Waals surface area contributed by atoms with Crippen LogP contribution in [0.1, 0.15) is 30.6 Å². The van der Waals surface area contributed by atoms with Gasteiger partial charge in [-0.1, -0.05) is 13.0 Å². The summed E-state index contributed by atoms with van der Waals surface area (Å²) in [5.74, 6) is -3.85. The first-order chi connectivity index (χ1) is 9.97. The van der Waals surface area contributed by atoms with Crippen molar-refractivity contribution in [2.75, 3.05) is 6.54 Å². The van der Waals surface area contributed by atoms with E-state index in [1.807, 2.05) is 6.92 Å². The quantitative estimate of drug-likeness (QED) is 0.823. The van der Waals surface area contributed by atoms with E-state index in [1.165, 1.54) is 6.07 Å². The van der Waals surface area contributed by atoms with Crippen LogP contribution < -0.4 is 5.32 Å². The molecular formula is C14H15BrF3N3. The van der Waals surface area contributed by atoms with Crippen LogP contribution in [0.5, 0.6) is 0 Å². The molecule has 0 aliphatic heterocycles. The molecule has 0 saturated carbocycles. The molecule has 1 unspecified atom stereocenters. The predicted molar refractivity (Wildman–Crippen MR) is 77.4 cm³/mol. The minimum absolute atomic E-state index is 0.0478. The fourth-order valence-corrected chi connectivity index (χ4v) is 2.73. The zero-order valence-corrected chi connectivity index (χ0v) is 13.2. The van der Waals surface area contributed by atoms with E-state index in [-0.39, 0.29) is 5.56 Å². The summed E-state index contributed by atoms with van der Waals surface area (Å²) >= 11 is 3.35. The Bertz CT molecular complexity index is 623. The third-order valence-corrected chi connectivity index (χ3v) is 3.80. The zero-order valence-electron chi connectivity index (χ0n) is 11.6. The number of rotatable bonds is 5. The molecule has 1 heterocycles. The van der Waals surface area contributed by atoms with Gasteiger partial charge >= 0.3 is 0 Å². The van der Waals surface area contributed by atoms with E-state index < -0.39 is 23.5 Å². The zero-order chi connectivity index (χ0) is 15.6. The molecule has 0 fully saturated rings. The first-order valence-electron chi connectivity index (χ1n) is 6.51. The van der Waals surface area contributed by atoms with Crippen molar-refractivity contribution in [2.45, 2.75) is 19.4 Å². The average molecular weight is 362 g/mol. The lowest BCUT2D eigenvalue weighted by molar-refractivity contribution is 0.429. The third kappa shape index (κ3) is 3.13. The van der Waals surface area contributed by atoms with Crippen molar-refractivity contribution >= 4 is 15.9 Å². The van der Waals surface area contributed by atoms with Crippen molar-refractivity contribution < 1.29 is 13.2 Å². The van der Waals surface area contributed by atoms with E-state index in [4.69, 9.17) is 0 Å². The van der Waals surface area contributed by atoms with Crippen molar-refractivity contribution in [3.8, 4) is 0 Å². The van der Waals surface area contributed by atoms with Crippen molar-refractivity contribution in [1.82, 2.24) is 15.1 Å². The fourth-order valence-electron chi connectivity index (χ4n) is 2.15. The number of hydrogen-bond acceptors (Lipinski definition) is 2. The van der Waals surface area contributed by atoms with Crippen molar-refractivity contribution in [3.05, 3.63) is 51.5 Å². The van der Waals surface area contributed by atoms with Gasteiger partial charge < -0.3 is 5.32 Å². The molecule has 1 aromatic heterocycles. The van der Waals surface area contributed by atoms with E-state index in [9.17, 15) is 13.2 Å². The second kappa shape index (κ2) is 6.62. The Balaban J connectivity index is 2.54. The highest BCUT2D eigenvalue weighted by molar-refractivity contribution is 9.10. The molecule has 0 saturated heterocycles. The lowest BCUT2D eigenvalue weighted by Crippen LogP contribution is -2.27. The molecule has 0 aliphatic carbocycles. The van der Waals surface area contributed by atoms with Gasteiger partial charge in [-0.3, -0.25) is 4.68 Å². The van der Waals surface area contributed by atoms with Crippen molar-refractivity contribution in [3.63, 3.8) is 0 Å². The van der Waals surface area contributed by atoms with Crippen LogP contribution in [0.15, 0.2) is 22.8 Å². The summed E-state index contributed by atoms with van der Waals surface area (Å²) in [6.07, 6.45) is 2.39. The number of aromatic nitrogens is 2. The van der Waals surface area contributed by atoms with Crippen LogP contribution in [0, 0.1) is 17.5 Å². The standard InChI is InChI=1S/C14H15BrF3N3/c1-3-6-19-13(14-9(15)7-20-21(14)2)8-4-5-10(16)12(18)11(8)17/h4-5,7,13,19H,3,6H2,1-2H3. The molecule has 3 nitrogen and oxygen atoms in total. The Morgan fingerprint density at radius 1 is 1.29 bits per heavy atom. The minimum Gasteiger partial charge on any atom is -0.305 e. The second-order valence-corrected chi connectivity index (χ2v) is 5.51. The first-order valence-corrected chi connectivity index (χ1v) is 7.30. The molecule has 0 amide bonds.